The van der Waals surface area contributed by atoms with E-state index >= 15 is 0 Å². The van der Waals surface area contributed by atoms with E-state index in [1.807, 2.05) is 24.3 Å². The summed E-state index contributed by atoms with van der Waals surface area (Å²) in [5.74, 6) is -0.386. The van der Waals surface area contributed by atoms with Crippen LogP contribution in [0.3, 0.4) is 0 Å². The Hall–Kier alpha value is -1.06. The number of aliphatic carboxylic acids is 1. The molecule has 1 aliphatic heterocycles. The van der Waals surface area contributed by atoms with Gasteiger partial charge in [-0.2, -0.15) is 0 Å². The van der Waals surface area contributed by atoms with Crippen molar-refractivity contribution in [2.24, 2.45) is 5.92 Å². The Balaban J connectivity index is 1.85. The second kappa shape index (κ2) is 5.52. The van der Waals surface area contributed by atoms with E-state index in [1.54, 1.807) is 0 Å². The lowest BCUT2D eigenvalue weighted by molar-refractivity contribution is -0.138. The zero-order valence-electron chi connectivity index (χ0n) is 9.60. The Labute approximate surface area is 106 Å². The Bertz CT molecular complexity index is 391. The van der Waals surface area contributed by atoms with Gasteiger partial charge in [-0.25, -0.2) is 0 Å². The van der Waals surface area contributed by atoms with Gasteiger partial charge in [0.25, 0.3) is 0 Å². The van der Waals surface area contributed by atoms with Gasteiger partial charge in [0.05, 0.1) is 0 Å². The van der Waals surface area contributed by atoms with Crippen LogP contribution in [0, 0.1) is 5.92 Å². The molecule has 4 heteroatoms. The number of likely N-dealkylation sites (tertiary alicyclic amines) is 1. The second-order valence-electron chi connectivity index (χ2n) is 4.61. The number of carboxylic acids is 1. The molecule has 1 N–H and O–H groups in total. The fourth-order valence-corrected chi connectivity index (χ4v) is 2.44. The smallest absolute Gasteiger partial charge is 0.303 e. The second-order valence-corrected chi connectivity index (χ2v) is 5.05. The highest BCUT2D eigenvalue weighted by atomic mass is 35.5. The van der Waals surface area contributed by atoms with Gasteiger partial charge in [-0.05, 0) is 36.6 Å². The highest BCUT2D eigenvalue weighted by Gasteiger charge is 2.24. The molecule has 0 saturated carbocycles. The molecule has 1 aliphatic rings. The Morgan fingerprint density at radius 2 is 2.12 bits per heavy atom. The van der Waals surface area contributed by atoms with Crippen LogP contribution >= 0.6 is 11.6 Å². The maximum Gasteiger partial charge on any atom is 0.303 e. The van der Waals surface area contributed by atoms with Gasteiger partial charge < -0.3 is 5.11 Å². The van der Waals surface area contributed by atoms with Crippen molar-refractivity contribution >= 4 is 17.6 Å². The van der Waals surface area contributed by atoms with Gasteiger partial charge in [0.15, 0.2) is 0 Å². The molecule has 1 saturated heterocycles. The maximum atomic E-state index is 10.6. The summed E-state index contributed by atoms with van der Waals surface area (Å²) in [6, 6.07) is 7.82. The van der Waals surface area contributed by atoms with E-state index in [4.69, 9.17) is 16.7 Å². The summed E-state index contributed by atoms with van der Waals surface area (Å²) in [6.07, 6.45) is 1.27. The van der Waals surface area contributed by atoms with Crippen molar-refractivity contribution in [3.63, 3.8) is 0 Å². The summed E-state index contributed by atoms with van der Waals surface area (Å²) in [5.41, 5.74) is 1.23. The molecule has 1 unspecified atom stereocenters. The molecule has 1 fully saturated rings. The highest BCUT2D eigenvalue weighted by Crippen LogP contribution is 2.21. The molecule has 0 spiro atoms. The molecule has 0 radical (unpaired) electrons. The number of carboxylic acid groups (broad SMARTS) is 1. The van der Waals surface area contributed by atoms with Crippen LogP contribution in [-0.4, -0.2) is 29.1 Å². The molecular weight excluding hydrogens is 238 g/mol. The summed E-state index contributed by atoms with van der Waals surface area (Å²) in [5, 5.41) is 9.50. The predicted molar refractivity (Wildman–Crippen MR) is 67.1 cm³/mol. The van der Waals surface area contributed by atoms with Gasteiger partial charge in [0.1, 0.15) is 0 Å². The van der Waals surface area contributed by atoms with Crippen molar-refractivity contribution in [2.45, 2.75) is 19.4 Å². The quantitative estimate of drug-likeness (QED) is 0.897. The third-order valence-electron chi connectivity index (χ3n) is 3.15. The number of halogens is 1. The molecule has 0 aromatic heterocycles. The number of hydrogen-bond donors (Lipinski definition) is 1. The Kier molecular flexibility index (Phi) is 4.02. The summed E-state index contributed by atoms with van der Waals surface area (Å²) < 4.78 is 0. The topological polar surface area (TPSA) is 40.5 Å². The van der Waals surface area contributed by atoms with Crippen LogP contribution in [-0.2, 0) is 11.3 Å². The van der Waals surface area contributed by atoms with Crippen molar-refractivity contribution in [1.82, 2.24) is 4.90 Å². The van der Waals surface area contributed by atoms with Gasteiger partial charge in [0, 0.05) is 24.5 Å². The largest absolute Gasteiger partial charge is 0.481 e. The SMILES string of the molecule is O=C(O)CC1CCN(Cc2ccc(Cl)cc2)C1. The number of nitrogens with zero attached hydrogens (tertiary/aromatic N) is 1. The van der Waals surface area contributed by atoms with E-state index in [0.717, 1.165) is 31.1 Å². The van der Waals surface area contributed by atoms with E-state index in [9.17, 15) is 4.79 Å². The third-order valence-corrected chi connectivity index (χ3v) is 3.40. The first kappa shape index (κ1) is 12.4. The van der Waals surface area contributed by atoms with E-state index in [-0.39, 0.29) is 6.42 Å². The number of benzene rings is 1. The zero-order valence-corrected chi connectivity index (χ0v) is 10.4. The Morgan fingerprint density at radius 1 is 1.41 bits per heavy atom. The first-order valence-electron chi connectivity index (χ1n) is 5.82. The van der Waals surface area contributed by atoms with Gasteiger partial charge in [-0.1, -0.05) is 23.7 Å². The van der Waals surface area contributed by atoms with E-state index < -0.39 is 5.97 Å². The average Bonchev–Trinajstić information content (AvgIpc) is 2.68. The molecule has 1 aromatic rings. The average molecular weight is 254 g/mol. The zero-order chi connectivity index (χ0) is 12.3. The van der Waals surface area contributed by atoms with E-state index in [2.05, 4.69) is 4.90 Å². The maximum absolute atomic E-state index is 10.6. The lowest BCUT2D eigenvalue weighted by atomic mass is 10.1. The Morgan fingerprint density at radius 3 is 2.76 bits per heavy atom. The molecule has 2 rings (SSSR count). The molecular formula is C13H16ClNO2. The molecule has 92 valence electrons. The van der Waals surface area contributed by atoms with Gasteiger partial charge >= 0.3 is 5.97 Å². The van der Waals surface area contributed by atoms with Gasteiger partial charge in [0.2, 0.25) is 0 Å². The molecule has 17 heavy (non-hydrogen) atoms. The number of carbonyl (C=O) groups is 1. The van der Waals surface area contributed by atoms with Crippen molar-refractivity contribution in [3.05, 3.63) is 34.9 Å². The van der Waals surface area contributed by atoms with Gasteiger partial charge in [-0.3, -0.25) is 9.69 Å². The molecule has 1 atom stereocenters. The third kappa shape index (κ3) is 3.72. The minimum atomic E-state index is -0.691. The van der Waals surface area contributed by atoms with Crippen LogP contribution in [0.4, 0.5) is 0 Å². The lowest BCUT2D eigenvalue weighted by Crippen LogP contribution is -2.20. The molecule has 0 bridgehead atoms. The standard InChI is InChI=1S/C13H16ClNO2/c14-12-3-1-10(2-4-12)8-15-6-5-11(9-15)7-13(16)17/h1-4,11H,5-9H2,(H,16,17). The van der Waals surface area contributed by atoms with Crippen LogP contribution in [0.15, 0.2) is 24.3 Å². The molecule has 1 aromatic carbocycles. The van der Waals surface area contributed by atoms with Gasteiger partial charge in [-0.15, -0.1) is 0 Å². The minimum absolute atomic E-state index is 0.289. The first-order valence-corrected chi connectivity index (χ1v) is 6.20. The summed E-state index contributed by atoms with van der Waals surface area (Å²) >= 11 is 5.83. The predicted octanol–water partition coefficient (Wildman–Crippen LogP) is 2.64. The van der Waals surface area contributed by atoms with Crippen molar-refractivity contribution in [2.75, 3.05) is 13.1 Å². The van der Waals surface area contributed by atoms with Crippen molar-refractivity contribution < 1.29 is 9.90 Å². The fraction of sp³-hybridized carbons (Fsp3) is 0.462. The fourth-order valence-electron chi connectivity index (χ4n) is 2.32. The van der Waals surface area contributed by atoms with Crippen LogP contribution < -0.4 is 0 Å². The van der Waals surface area contributed by atoms with E-state index in [0.29, 0.717) is 5.92 Å². The number of hydrogen-bond acceptors (Lipinski definition) is 2. The highest BCUT2D eigenvalue weighted by molar-refractivity contribution is 6.30. The first-order chi connectivity index (χ1) is 8.13. The van der Waals surface area contributed by atoms with Crippen LogP contribution in [0.25, 0.3) is 0 Å². The normalized spacial score (nSPS) is 20.6. The molecule has 1 heterocycles. The number of rotatable bonds is 4. The molecule has 3 nitrogen and oxygen atoms in total. The van der Waals surface area contributed by atoms with Crippen LogP contribution in [0.5, 0.6) is 0 Å². The molecule has 0 amide bonds. The van der Waals surface area contributed by atoms with Crippen LogP contribution in [0.1, 0.15) is 18.4 Å². The monoisotopic (exact) mass is 253 g/mol. The van der Waals surface area contributed by atoms with Crippen molar-refractivity contribution in [1.29, 1.82) is 0 Å². The molecule has 0 aliphatic carbocycles. The lowest BCUT2D eigenvalue weighted by Gasteiger charge is -2.15. The van der Waals surface area contributed by atoms with Crippen molar-refractivity contribution in [3.8, 4) is 0 Å². The summed E-state index contributed by atoms with van der Waals surface area (Å²) in [6.45, 7) is 2.75. The van der Waals surface area contributed by atoms with Crippen LogP contribution in [0.2, 0.25) is 5.02 Å². The van der Waals surface area contributed by atoms with E-state index in [1.165, 1.54) is 5.56 Å². The summed E-state index contributed by atoms with van der Waals surface area (Å²) in [7, 11) is 0. The summed E-state index contributed by atoms with van der Waals surface area (Å²) in [4.78, 5) is 12.9. The minimum Gasteiger partial charge on any atom is -0.481 e.